The van der Waals surface area contributed by atoms with Crippen molar-refractivity contribution in [3.8, 4) is 50.8 Å². The molecule has 4 heteroatoms. The summed E-state index contributed by atoms with van der Waals surface area (Å²) in [5, 5.41) is 2.14. The monoisotopic (exact) mass is 524 g/mol. The zero-order valence-corrected chi connectivity index (χ0v) is 22.6. The average molecular weight is 525 g/mol. The summed E-state index contributed by atoms with van der Waals surface area (Å²) < 4.78 is 0. The molecule has 172 valence electrons. The van der Waals surface area contributed by atoms with Crippen molar-refractivity contribution in [2.24, 2.45) is 0 Å². The van der Waals surface area contributed by atoms with Crippen molar-refractivity contribution >= 4 is 45.3 Å². The van der Waals surface area contributed by atoms with Crippen LogP contribution in [0.25, 0.3) is 50.8 Å². The number of hydrogen-bond donors (Lipinski definition) is 0. The summed E-state index contributed by atoms with van der Waals surface area (Å²) in [6.45, 7) is 2.23. The predicted molar refractivity (Wildman–Crippen MR) is 159 cm³/mol. The standard InChI is InChI=1S/C31H24S4/c1-2-4-21-6-8-22(9-7-21)23-10-12-24(13-11-23)25-14-15-28(33-25)29-18-19-31(35-29)30-17-16-27(34-30)26-5-3-20-32-26/h3,5-20H,2,4H2,1H3. The number of thiophene rings is 4. The van der Waals surface area contributed by atoms with Crippen LogP contribution in [0.5, 0.6) is 0 Å². The van der Waals surface area contributed by atoms with Crippen molar-refractivity contribution in [2.75, 3.05) is 0 Å². The molecular formula is C31H24S4. The van der Waals surface area contributed by atoms with Crippen LogP contribution in [0, 0.1) is 0 Å². The first-order valence-corrected chi connectivity index (χ1v) is 15.1. The summed E-state index contributed by atoms with van der Waals surface area (Å²) in [7, 11) is 0. The van der Waals surface area contributed by atoms with Crippen LogP contribution in [0.3, 0.4) is 0 Å². The summed E-state index contributed by atoms with van der Waals surface area (Å²) in [5.74, 6) is 0. The van der Waals surface area contributed by atoms with Gasteiger partial charge in [0.1, 0.15) is 0 Å². The Balaban J connectivity index is 1.19. The van der Waals surface area contributed by atoms with Gasteiger partial charge in [0.25, 0.3) is 0 Å². The van der Waals surface area contributed by atoms with Gasteiger partial charge in [-0.1, -0.05) is 67.9 Å². The molecule has 0 unspecified atom stereocenters. The summed E-state index contributed by atoms with van der Waals surface area (Å²) in [6.07, 6.45) is 2.34. The first-order valence-electron chi connectivity index (χ1n) is 11.8. The fourth-order valence-electron chi connectivity index (χ4n) is 4.23. The van der Waals surface area contributed by atoms with Crippen molar-refractivity contribution in [3.63, 3.8) is 0 Å². The number of benzene rings is 2. The van der Waals surface area contributed by atoms with E-state index in [1.165, 1.54) is 62.8 Å². The van der Waals surface area contributed by atoms with Crippen LogP contribution in [-0.4, -0.2) is 0 Å². The first-order chi connectivity index (χ1) is 17.3. The third kappa shape index (κ3) is 4.85. The third-order valence-electron chi connectivity index (χ3n) is 6.06. The molecule has 4 aromatic heterocycles. The minimum atomic E-state index is 1.15. The Morgan fingerprint density at radius 3 is 1.43 bits per heavy atom. The molecule has 0 aliphatic carbocycles. The molecule has 0 atom stereocenters. The molecular weight excluding hydrogens is 501 g/mol. The fraction of sp³-hybridized carbons (Fsp3) is 0.0968. The van der Waals surface area contributed by atoms with Gasteiger partial charge in [-0.2, -0.15) is 0 Å². The number of aryl methyl sites for hydroxylation is 1. The second kappa shape index (κ2) is 10.1. The lowest BCUT2D eigenvalue weighted by Crippen LogP contribution is -1.83. The minimum absolute atomic E-state index is 1.15. The molecule has 0 saturated heterocycles. The smallest absolute Gasteiger partial charge is 0.0449 e. The van der Waals surface area contributed by atoms with Gasteiger partial charge in [0.05, 0.1) is 0 Å². The Hall–Kier alpha value is -2.76. The van der Waals surface area contributed by atoms with E-state index in [0.29, 0.717) is 0 Å². The van der Waals surface area contributed by atoms with Gasteiger partial charge in [-0.3, -0.25) is 0 Å². The largest absolute Gasteiger partial charge is 0.143 e. The highest BCUT2D eigenvalue weighted by atomic mass is 32.1. The predicted octanol–water partition coefficient (Wildman–Crippen LogP) is 11.2. The molecule has 0 radical (unpaired) electrons. The zero-order valence-electron chi connectivity index (χ0n) is 19.4. The van der Waals surface area contributed by atoms with Crippen LogP contribution < -0.4 is 0 Å². The van der Waals surface area contributed by atoms with E-state index < -0.39 is 0 Å². The first kappa shape index (κ1) is 22.7. The summed E-state index contributed by atoms with van der Waals surface area (Å²) in [5.41, 5.74) is 5.25. The van der Waals surface area contributed by atoms with Gasteiger partial charge < -0.3 is 0 Å². The lowest BCUT2D eigenvalue weighted by atomic mass is 10.0. The number of rotatable bonds is 7. The average Bonchev–Trinajstić information content (AvgIpc) is 3.70. The Morgan fingerprint density at radius 2 is 0.914 bits per heavy atom. The molecule has 35 heavy (non-hydrogen) atoms. The molecule has 0 amide bonds. The quantitative estimate of drug-likeness (QED) is 0.195. The summed E-state index contributed by atoms with van der Waals surface area (Å²) in [4.78, 5) is 9.38. The number of hydrogen-bond acceptors (Lipinski definition) is 4. The Labute approximate surface area is 222 Å². The minimum Gasteiger partial charge on any atom is -0.143 e. The van der Waals surface area contributed by atoms with Crippen molar-refractivity contribution in [1.29, 1.82) is 0 Å². The summed E-state index contributed by atoms with van der Waals surface area (Å²) >= 11 is 7.45. The second-order valence-electron chi connectivity index (χ2n) is 8.49. The summed E-state index contributed by atoms with van der Waals surface area (Å²) in [6, 6.07) is 35.9. The van der Waals surface area contributed by atoms with Gasteiger partial charge in [0.2, 0.25) is 0 Å². The molecule has 0 aliphatic heterocycles. The molecule has 0 N–H and O–H groups in total. The van der Waals surface area contributed by atoms with Crippen LogP contribution in [0.2, 0.25) is 0 Å². The van der Waals surface area contributed by atoms with E-state index in [2.05, 4.69) is 109 Å². The maximum Gasteiger partial charge on any atom is 0.0449 e. The Bertz CT molecular complexity index is 1520. The molecule has 0 aliphatic rings. The highest BCUT2D eigenvalue weighted by Gasteiger charge is 2.11. The van der Waals surface area contributed by atoms with Gasteiger partial charge >= 0.3 is 0 Å². The molecule has 0 bridgehead atoms. The lowest BCUT2D eigenvalue weighted by Gasteiger charge is -2.05. The Morgan fingerprint density at radius 1 is 0.457 bits per heavy atom. The van der Waals surface area contributed by atoms with Crippen molar-refractivity contribution < 1.29 is 0 Å². The zero-order chi connectivity index (χ0) is 23.6. The topological polar surface area (TPSA) is 0 Å². The molecule has 0 spiro atoms. The lowest BCUT2D eigenvalue weighted by molar-refractivity contribution is 0.922. The van der Waals surface area contributed by atoms with Crippen LogP contribution in [0.15, 0.2) is 102 Å². The van der Waals surface area contributed by atoms with E-state index in [-0.39, 0.29) is 0 Å². The van der Waals surface area contributed by atoms with E-state index in [1.807, 2.05) is 34.0 Å². The third-order valence-corrected chi connectivity index (χ3v) is 10.8. The van der Waals surface area contributed by atoms with Gasteiger partial charge in [0, 0.05) is 34.1 Å². The maximum absolute atomic E-state index is 2.27. The van der Waals surface area contributed by atoms with Gasteiger partial charge in [0.15, 0.2) is 0 Å². The van der Waals surface area contributed by atoms with E-state index >= 15 is 0 Å². The van der Waals surface area contributed by atoms with Crippen LogP contribution >= 0.6 is 45.3 Å². The van der Waals surface area contributed by atoms with E-state index in [0.717, 1.165) is 6.42 Å². The van der Waals surface area contributed by atoms with Gasteiger partial charge in [-0.05, 0) is 76.5 Å². The highest BCUT2D eigenvalue weighted by molar-refractivity contribution is 7.28. The van der Waals surface area contributed by atoms with E-state index in [9.17, 15) is 0 Å². The SMILES string of the molecule is CCCc1ccc(-c2ccc(-c3ccc(-c4ccc(-c5ccc(-c6cccs6)s5)s4)s3)cc2)cc1. The highest BCUT2D eigenvalue weighted by Crippen LogP contribution is 2.43. The fourth-order valence-corrected chi connectivity index (χ4v) is 8.27. The van der Waals surface area contributed by atoms with E-state index in [1.54, 1.807) is 11.3 Å². The molecule has 0 nitrogen and oxygen atoms in total. The van der Waals surface area contributed by atoms with Crippen LogP contribution in [0.1, 0.15) is 18.9 Å². The van der Waals surface area contributed by atoms with Crippen LogP contribution in [-0.2, 0) is 6.42 Å². The van der Waals surface area contributed by atoms with Gasteiger partial charge in [-0.25, -0.2) is 0 Å². The van der Waals surface area contributed by atoms with Crippen molar-refractivity contribution in [2.45, 2.75) is 19.8 Å². The maximum atomic E-state index is 2.27. The molecule has 2 aromatic carbocycles. The van der Waals surface area contributed by atoms with Crippen LogP contribution in [0.4, 0.5) is 0 Å². The molecule has 6 rings (SSSR count). The second-order valence-corrected chi connectivity index (χ2v) is 12.7. The normalized spacial score (nSPS) is 11.2. The van der Waals surface area contributed by atoms with Crippen molar-refractivity contribution in [3.05, 3.63) is 108 Å². The van der Waals surface area contributed by atoms with Gasteiger partial charge in [-0.15, -0.1) is 45.3 Å². The molecule has 4 heterocycles. The Kier molecular flexibility index (Phi) is 6.53. The molecule has 6 aromatic rings. The molecule has 0 saturated carbocycles. The molecule has 0 fully saturated rings. The van der Waals surface area contributed by atoms with E-state index in [4.69, 9.17) is 0 Å². The van der Waals surface area contributed by atoms with Crippen molar-refractivity contribution in [1.82, 2.24) is 0 Å².